The average molecular weight is 476 g/mol. The van der Waals surface area contributed by atoms with E-state index in [2.05, 4.69) is 10.6 Å². The SMILES string of the molecule is NC(=O)CCC(NC(=O)C(CCC(N)=O)NC(=O)C(CC(=O)O)NC(=O)C(N)CO)C(=O)O. The summed E-state index contributed by atoms with van der Waals surface area (Å²) in [5.41, 5.74) is 15.3. The summed E-state index contributed by atoms with van der Waals surface area (Å²) in [7, 11) is 0. The minimum atomic E-state index is -1.72. The fraction of sp³-hybridized carbons (Fsp3) is 0.588. The first kappa shape index (κ1) is 29.2. The molecule has 0 aliphatic rings. The van der Waals surface area contributed by atoms with E-state index in [9.17, 15) is 38.7 Å². The van der Waals surface area contributed by atoms with Gasteiger partial charge in [0, 0.05) is 12.8 Å². The molecule has 4 unspecified atom stereocenters. The van der Waals surface area contributed by atoms with Gasteiger partial charge in [0.15, 0.2) is 0 Å². The Hall–Kier alpha value is -3.79. The highest BCUT2D eigenvalue weighted by atomic mass is 16.4. The third-order valence-electron chi connectivity index (χ3n) is 4.15. The molecular weight excluding hydrogens is 448 g/mol. The van der Waals surface area contributed by atoms with Crippen molar-refractivity contribution in [3.05, 3.63) is 0 Å². The Bertz CT molecular complexity index is 773. The largest absolute Gasteiger partial charge is 0.481 e. The van der Waals surface area contributed by atoms with Gasteiger partial charge in [-0.05, 0) is 12.8 Å². The van der Waals surface area contributed by atoms with E-state index in [-0.39, 0.29) is 19.3 Å². The normalized spacial score (nSPS) is 14.1. The van der Waals surface area contributed by atoms with Crippen molar-refractivity contribution >= 4 is 41.5 Å². The molecule has 33 heavy (non-hydrogen) atoms. The van der Waals surface area contributed by atoms with Crippen molar-refractivity contribution in [2.75, 3.05) is 6.61 Å². The summed E-state index contributed by atoms with van der Waals surface area (Å²) in [6.07, 6.45) is -2.45. The van der Waals surface area contributed by atoms with Crippen LogP contribution in [0.2, 0.25) is 0 Å². The number of aliphatic hydroxyl groups is 1. The number of primary amides is 2. The van der Waals surface area contributed by atoms with Gasteiger partial charge in [-0.15, -0.1) is 0 Å². The first-order chi connectivity index (χ1) is 15.3. The Morgan fingerprint density at radius 2 is 1.12 bits per heavy atom. The van der Waals surface area contributed by atoms with Crippen LogP contribution < -0.4 is 33.2 Å². The summed E-state index contributed by atoms with van der Waals surface area (Å²) in [5, 5.41) is 33.3. The highest BCUT2D eigenvalue weighted by molar-refractivity contribution is 5.95. The minimum Gasteiger partial charge on any atom is -0.481 e. The summed E-state index contributed by atoms with van der Waals surface area (Å²) in [6.45, 7) is -0.793. The number of nitrogens with two attached hydrogens (primary N) is 3. The molecule has 0 spiro atoms. The van der Waals surface area contributed by atoms with Crippen molar-refractivity contribution in [2.24, 2.45) is 17.2 Å². The Morgan fingerprint density at radius 1 is 0.697 bits per heavy atom. The number of aliphatic carboxylic acids is 2. The fourth-order valence-corrected chi connectivity index (χ4v) is 2.39. The van der Waals surface area contributed by atoms with Crippen LogP contribution in [-0.2, 0) is 33.6 Å². The molecule has 4 atom stereocenters. The number of rotatable bonds is 16. The molecule has 0 saturated carbocycles. The maximum Gasteiger partial charge on any atom is 0.326 e. The molecular formula is C17H28N6O10. The zero-order valence-corrected chi connectivity index (χ0v) is 17.5. The molecule has 12 N–H and O–H groups in total. The zero-order valence-electron chi connectivity index (χ0n) is 17.5. The molecule has 0 aromatic heterocycles. The molecule has 0 rings (SSSR count). The van der Waals surface area contributed by atoms with Crippen molar-refractivity contribution in [1.29, 1.82) is 0 Å². The van der Waals surface area contributed by atoms with E-state index >= 15 is 0 Å². The first-order valence-corrected chi connectivity index (χ1v) is 9.57. The maximum absolute atomic E-state index is 12.6. The third kappa shape index (κ3) is 12.0. The quantitative estimate of drug-likeness (QED) is 0.101. The molecule has 0 heterocycles. The van der Waals surface area contributed by atoms with Gasteiger partial charge in [0.05, 0.1) is 13.0 Å². The predicted molar refractivity (Wildman–Crippen MR) is 108 cm³/mol. The molecule has 0 aromatic rings. The van der Waals surface area contributed by atoms with E-state index in [4.69, 9.17) is 27.4 Å². The van der Waals surface area contributed by atoms with E-state index in [1.807, 2.05) is 5.32 Å². The monoisotopic (exact) mass is 476 g/mol. The van der Waals surface area contributed by atoms with Crippen LogP contribution >= 0.6 is 0 Å². The molecule has 5 amide bonds. The molecule has 0 radical (unpaired) electrons. The predicted octanol–water partition coefficient (Wildman–Crippen LogP) is -5.15. The van der Waals surface area contributed by atoms with Gasteiger partial charge in [-0.1, -0.05) is 0 Å². The van der Waals surface area contributed by atoms with Crippen LogP contribution in [-0.4, -0.2) is 87.6 Å². The summed E-state index contributed by atoms with van der Waals surface area (Å²) >= 11 is 0. The summed E-state index contributed by atoms with van der Waals surface area (Å²) in [4.78, 5) is 81.3. The topological polar surface area (TPSA) is 294 Å². The Labute approximate surface area is 187 Å². The molecule has 16 heteroatoms. The van der Waals surface area contributed by atoms with Gasteiger partial charge in [0.25, 0.3) is 0 Å². The van der Waals surface area contributed by atoms with Gasteiger partial charge in [0.2, 0.25) is 29.5 Å². The van der Waals surface area contributed by atoms with Crippen molar-refractivity contribution < 1.29 is 48.9 Å². The lowest BCUT2D eigenvalue weighted by molar-refractivity contribution is -0.143. The zero-order chi connectivity index (χ0) is 25.7. The van der Waals surface area contributed by atoms with Crippen molar-refractivity contribution in [3.63, 3.8) is 0 Å². The number of nitrogens with one attached hydrogen (secondary N) is 3. The lowest BCUT2D eigenvalue weighted by atomic mass is 10.1. The van der Waals surface area contributed by atoms with E-state index in [0.29, 0.717) is 0 Å². The summed E-state index contributed by atoms with van der Waals surface area (Å²) in [6, 6.07) is -6.29. The molecule has 0 aliphatic heterocycles. The van der Waals surface area contributed by atoms with E-state index in [0.717, 1.165) is 0 Å². The number of carboxylic acids is 2. The Balaban J connectivity index is 5.56. The first-order valence-electron chi connectivity index (χ1n) is 9.57. The van der Waals surface area contributed by atoms with Crippen molar-refractivity contribution in [2.45, 2.75) is 56.3 Å². The van der Waals surface area contributed by atoms with Gasteiger partial charge in [-0.2, -0.15) is 0 Å². The van der Waals surface area contributed by atoms with Crippen LogP contribution in [0.5, 0.6) is 0 Å². The second-order valence-electron chi connectivity index (χ2n) is 6.92. The maximum atomic E-state index is 12.6. The van der Waals surface area contributed by atoms with Gasteiger partial charge in [-0.3, -0.25) is 28.8 Å². The van der Waals surface area contributed by atoms with Crippen LogP contribution in [0.1, 0.15) is 32.1 Å². The highest BCUT2D eigenvalue weighted by Crippen LogP contribution is 2.04. The molecule has 0 aliphatic carbocycles. The van der Waals surface area contributed by atoms with Crippen molar-refractivity contribution in [3.8, 4) is 0 Å². The van der Waals surface area contributed by atoms with E-state index in [1.54, 1.807) is 0 Å². The molecule has 0 aromatic carbocycles. The number of hydrogen-bond donors (Lipinski definition) is 9. The Kier molecular flexibility index (Phi) is 12.7. The third-order valence-corrected chi connectivity index (χ3v) is 4.15. The minimum absolute atomic E-state index is 0.358. The van der Waals surface area contributed by atoms with Gasteiger partial charge >= 0.3 is 11.9 Å². The van der Waals surface area contributed by atoms with Crippen LogP contribution in [0.3, 0.4) is 0 Å². The van der Waals surface area contributed by atoms with Gasteiger partial charge < -0.3 is 48.5 Å². The lowest BCUT2D eigenvalue weighted by Gasteiger charge is -2.24. The second-order valence-corrected chi connectivity index (χ2v) is 6.92. The Morgan fingerprint density at radius 3 is 1.55 bits per heavy atom. The molecule has 0 bridgehead atoms. The second kappa shape index (κ2) is 14.3. The summed E-state index contributed by atoms with van der Waals surface area (Å²) in [5.74, 6) is -7.95. The fourth-order valence-electron chi connectivity index (χ4n) is 2.39. The molecule has 0 saturated heterocycles. The van der Waals surface area contributed by atoms with Crippen LogP contribution in [0.4, 0.5) is 0 Å². The van der Waals surface area contributed by atoms with Gasteiger partial charge in [-0.25, -0.2) is 4.79 Å². The number of amides is 5. The molecule has 16 nitrogen and oxygen atoms in total. The standard InChI is InChI=1S/C17H28N6O10/c18-7(6-24)14(29)23-10(5-13(27)28)16(31)21-8(1-3-11(19)25)15(30)22-9(17(32)33)2-4-12(20)26/h7-10,24H,1-6,18H2,(H2,19,25)(H2,20,26)(H,21,31)(H,22,30)(H,23,29)(H,27,28)(H,32,33). The van der Waals surface area contributed by atoms with E-state index in [1.165, 1.54) is 0 Å². The van der Waals surface area contributed by atoms with Crippen LogP contribution in [0, 0.1) is 0 Å². The summed E-state index contributed by atoms with van der Waals surface area (Å²) < 4.78 is 0. The van der Waals surface area contributed by atoms with Crippen LogP contribution in [0.15, 0.2) is 0 Å². The number of aliphatic hydroxyl groups excluding tert-OH is 1. The van der Waals surface area contributed by atoms with E-state index < -0.39 is 85.1 Å². The van der Waals surface area contributed by atoms with Crippen LogP contribution in [0.25, 0.3) is 0 Å². The average Bonchev–Trinajstić information content (AvgIpc) is 2.71. The number of carbonyl (C=O) groups excluding carboxylic acids is 5. The highest BCUT2D eigenvalue weighted by Gasteiger charge is 2.31. The number of carbonyl (C=O) groups is 7. The van der Waals surface area contributed by atoms with Gasteiger partial charge in [0.1, 0.15) is 24.2 Å². The number of hydrogen-bond acceptors (Lipinski definition) is 9. The number of carboxylic acid groups (broad SMARTS) is 2. The molecule has 0 fully saturated rings. The lowest BCUT2D eigenvalue weighted by Crippen LogP contribution is -2.58. The van der Waals surface area contributed by atoms with Crippen molar-refractivity contribution in [1.82, 2.24) is 16.0 Å². The molecule has 186 valence electrons. The smallest absolute Gasteiger partial charge is 0.326 e.